The fourth-order valence-corrected chi connectivity index (χ4v) is 3.00. The molecule has 0 bridgehead atoms. The number of nitrogens with two attached hydrogens (primary N) is 1. The summed E-state index contributed by atoms with van der Waals surface area (Å²) in [5.41, 5.74) is 7.52. The SMILES string of the molecule is CCOc1nc(N2CCOCC2)ccc1-n1c(=N)nc(N)c2[nH]cnc21. The Morgan fingerprint density at radius 3 is 2.88 bits per heavy atom. The summed E-state index contributed by atoms with van der Waals surface area (Å²) in [4.78, 5) is 18.1. The summed E-state index contributed by atoms with van der Waals surface area (Å²) >= 11 is 0. The first kappa shape index (κ1) is 16.3. The van der Waals surface area contributed by atoms with Crippen LogP contribution in [0.1, 0.15) is 6.92 Å². The van der Waals surface area contributed by atoms with E-state index in [4.69, 9.17) is 20.6 Å². The van der Waals surface area contributed by atoms with E-state index in [1.165, 1.54) is 6.33 Å². The van der Waals surface area contributed by atoms with E-state index in [-0.39, 0.29) is 11.4 Å². The van der Waals surface area contributed by atoms with E-state index >= 15 is 0 Å². The smallest absolute Gasteiger partial charge is 0.240 e. The van der Waals surface area contributed by atoms with Crippen molar-refractivity contribution in [1.29, 1.82) is 5.41 Å². The largest absolute Gasteiger partial charge is 0.476 e. The summed E-state index contributed by atoms with van der Waals surface area (Å²) in [6, 6.07) is 3.78. The van der Waals surface area contributed by atoms with E-state index < -0.39 is 0 Å². The fourth-order valence-electron chi connectivity index (χ4n) is 3.00. The first-order valence-electron chi connectivity index (χ1n) is 8.42. The van der Waals surface area contributed by atoms with Gasteiger partial charge in [0.05, 0.1) is 26.1 Å². The van der Waals surface area contributed by atoms with Crippen molar-refractivity contribution < 1.29 is 9.47 Å². The van der Waals surface area contributed by atoms with Crippen LogP contribution in [-0.4, -0.2) is 57.4 Å². The quantitative estimate of drug-likeness (QED) is 0.618. The number of pyridine rings is 1. The van der Waals surface area contributed by atoms with Gasteiger partial charge >= 0.3 is 0 Å². The number of ether oxygens (including phenoxy) is 2. The Balaban J connectivity index is 1.86. The molecule has 1 aliphatic heterocycles. The van der Waals surface area contributed by atoms with Gasteiger partial charge in [0.25, 0.3) is 0 Å². The minimum absolute atomic E-state index is 0.0380. The molecule has 0 aliphatic carbocycles. The Hall–Kier alpha value is -3.14. The van der Waals surface area contributed by atoms with Gasteiger partial charge in [0.15, 0.2) is 11.5 Å². The summed E-state index contributed by atoms with van der Waals surface area (Å²) in [6.45, 7) is 5.25. The van der Waals surface area contributed by atoms with Gasteiger partial charge in [0.1, 0.15) is 17.0 Å². The lowest BCUT2D eigenvalue weighted by molar-refractivity contribution is 0.122. The third kappa shape index (κ3) is 2.73. The zero-order chi connectivity index (χ0) is 18.1. The van der Waals surface area contributed by atoms with Crippen molar-refractivity contribution in [3.8, 4) is 11.6 Å². The van der Waals surface area contributed by atoms with Crippen LogP contribution in [0.5, 0.6) is 5.88 Å². The van der Waals surface area contributed by atoms with Crippen molar-refractivity contribution in [2.24, 2.45) is 0 Å². The number of rotatable bonds is 4. The number of anilines is 2. The summed E-state index contributed by atoms with van der Waals surface area (Å²) in [7, 11) is 0. The van der Waals surface area contributed by atoms with Gasteiger partial charge in [0.2, 0.25) is 11.5 Å². The van der Waals surface area contributed by atoms with Crippen LogP contribution in [-0.2, 0) is 4.74 Å². The average molecular weight is 356 g/mol. The molecule has 0 unspecified atom stereocenters. The highest BCUT2D eigenvalue weighted by Gasteiger charge is 2.19. The first-order chi connectivity index (χ1) is 12.7. The molecule has 26 heavy (non-hydrogen) atoms. The zero-order valence-electron chi connectivity index (χ0n) is 14.4. The number of nitrogens with zero attached hydrogens (tertiary/aromatic N) is 5. The highest BCUT2D eigenvalue weighted by molar-refractivity contribution is 5.82. The lowest BCUT2D eigenvalue weighted by Crippen LogP contribution is -2.36. The number of aromatic amines is 1. The first-order valence-corrected chi connectivity index (χ1v) is 8.42. The molecule has 1 fully saturated rings. The average Bonchev–Trinajstić information content (AvgIpc) is 3.14. The molecule has 0 amide bonds. The Morgan fingerprint density at radius 2 is 2.12 bits per heavy atom. The molecule has 0 atom stereocenters. The summed E-state index contributed by atoms with van der Waals surface area (Å²) in [6.07, 6.45) is 1.52. The van der Waals surface area contributed by atoms with Crippen LogP contribution in [0.3, 0.4) is 0 Å². The number of fused-ring (bicyclic) bond motifs is 1. The van der Waals surface area contributed by atoms with Gasteiger partial charge < -0.3 is 25.1 Å². The van der Waals surface area contributed by atoms with E-state index in [0.29, 0.717) is 42.6 Å². The van der Waals surface area contributed by atoms with Crippen LogP contribution in [0.4, 0.5) is 11.6 Å². The van der Waals surface area contributed by atoms with E-state index in [9.17, 15) is 0 Å². The van der Waals surface area contributed by atoms with Crippen molar-refractivity contribution in [3.63, 3.8) is 0 Å². The molecule has 136 valence electrons. The highest BCUT2D eigenvalue weighted by Crippen LogP contribution is 2.27. The molecule has 4 rings (SSSR count). The normalized spacial score (nSPS) is 14.7. The lowest BCUT2D eigenvalue weighted by Gasteiger charge is -2.28. The predicted molar refractivity (Wildman–Crippen MR) is 95.5 cm³/mol. The van der Waals surface area contributed by atoms with Gasteiger partial charge in [-0.2, -0.15) is 9.97 Å². The highest BCUT2D eigenvalue weighted by atomic mass is 16.5. The molecule has 0 aromatic carbocycles. The van der Waals surface area contributed by atoms with Crippen LogP contribution in [0, 0.1) is 5.41 Å². The second-order valence-electron chi connectivity index (χ2n) is 5.78. The van der Waals surface area contributed by atoms with E-state index in [1.54, 1.807) is 4.57 Å². The minimum atomic E-state index is -0.0380. The van der Waals surface area contributed by atoms with Crippen molar-refractivity contribution in [3.05, 3.63) is 24.1 Å². The van der Waals surface area contributed by atoms with E-state index in [2.05, 4.69) is 24.8 Å². The number of nitrogen functional groups attached to an aromatic ring is 1. The minimum Gasteiger partial charge on any atom is -0.476 e. The second-order valence-corrected chi connectivity index (χ2v) is 5.78. The summed E-state index contributed by atoms with van der Waals surface area (Å²) in [5, 5.41) is 8.26. The molecule has 0 spiro atoms. The third-order valence-corrected chi connectivity index (χ3v) is 4.21. The molecule has 1 saturated heterocycles. The Kier molecular flexibility index (Phi) is 4.17. The molecule has 10 heteroatoms. The van der Waals surface area contributed by atoms with Gasteiger partial charge in [0, 0.05) is 13.1 Å². The summed E-state index contributed by atoms with van der Waals surface area (Å²) in [5.74, 6) is 1.47. The van der Waals surface area contributed by atoms with Crippen LogP contribution >= 0.6 is 0 Å². The number of hydrogen-bond acceptors (Lipinski definition) is 8. The molecular formula is C16H20N8O2. The number of morpholine rings is 1. The van der Waals surface area contributed by atoms with E-state index in [1.807, 2.05) is 19.1 Å². The maximum atomic E-state index is 8.26. The fraction of sp³-hybridized carbons (Fsp3) is 0.375. The monoisotopic (exact) mass is 356 g/mol. The maximum absolute atomic E-state index is 8.26. The van der Waals surface area contributed by atoms with Crippen molar-refractivity contribution in [1.82, 2.24) is 24.5 Å². The van der Waals surface area contributed by atoms with Gasteiger partial charge in [-0.1, -0.05) is 0 Å². The van der Waals surface area contributed by atoms with Crippen molar-refractivity contribution in [2.45, 2.75) is 6.92 Å². The Labute approximate surface area is 149 Å². The predicted octanol–water partition coefficient (Wildman–Crippen LogP) is 0.441. The number of aromatic nitrogens is 5. The molecule has 3 aromatic rings. The van der Waals surface area contributed by atoms with Crippen molar-refractivity contribution >= 4 is 22.8 Å². The molecule has 10 nitrogen and oxygen atoms in total. The Morgan fingerprint density at radius 1 is 1.31 bits per heavy atom. The van der Waals surface area contributed by atoms with Gasteiger partial charge in [-0.25, -0.2) is 4.98 Å². The van der Waals surface area contributed by atoms with Crippen LogP contribution in [0.2, 0.25) is 0 Å². The molecule has 0 saturated carbocycles. The molecule has 1 aliphatic rings. The van der Waals surface area contributed by atoms with Gasteiger partial charge in [-0.05, 0) is 19.1 Å². The standard InChI is InChI=1S/C16H20N8O2/c1-2-26-15-10(3-4-11(21-15)23-5-7-25-8-6-23)24-14-12(19-9-20-14)13(17)22-16(24)18/h3-4,9H,2,5-8H2,1H3,(H,19,20)(H3,17,18,22). The van der Waals surface area contributed by atoms with Crippen LogP contribution in [0.25, 0.3) is 16.9 Å². The van der Waals surface area contributed by atoms with E-state index in [0.717, 1.165) is 18.9 Å². The zero-order valence-corrected chi connectivity index (χ0v) is 14.4. The third-order valence-electron chi connectivity index (χ3n) is 4.21. The topological polar surface area (TPSA) is 131 Å². The number of H-pyrrole nitrogens is 1. The lowest BCUT2D eigenvalue weighted by atomic mass is 10.3. The molecule has 3 aromatic heterocycles. The molecule has 4 heterocycles. The number of nitrogens with one attached hydrogen (secondary N) is 2. The number of imidazole rings is 1. The van der Waals surface area contributed by atoms with Crippen LogP contribution < -0.4 is 21.0 Å². The molecular weight excluding hydrogens is 336 g/mol. The number of hydrogen-bond donors (Lipinski definition) is 3. The molecule has 4 N–H and O–H groups in total. The Bertz CT molecular complexity index is 990. The van der Waals surface area contributed by atoms with Crippen molar-refractivity contribution in [2.75, 3.05) is 43.5 Å². The van der Waals surface area contributed by atoms with Gasteiger partial charge in [-0.15, -0.1) is 0 Å². The second kappa shape index (κ2) is 6.64. The van der Waals surface area contributed by atoms with Gasteiger partial charge in [-0.3, -0.25) is 9.98 Å². The summed E-state index contributed by atoms with van der Waals surface area (Å²) < 4.78 is 12.7. The molecule has 0 radical (unpaired) electrons. The van der Waals surface area contributed by atoms with Crippen LogP contribution in [0.15, 0.2) is 18.5 Å². The maximum Gasteiger partial charge on any atom is 0.240 e.